The van der Waals surface area contributed by atoms with E-state index < -0.39 is 36.1 Å². The molecule has 1 unspecified atom stereocenters. The van der Waals surface area contributed by atoms with Crippen LogP contribution >= 0.6 is 0 Å². The summed E-state index contributed by atoms with van der Waals surface area (Å²) in [6.07, 6.45) is 4.03. The van der Waals surface area contributed by atoms with Crippen molar-refractivity contribution in [2.75, 3.05) is 44.0 Å². The second-order valence-electron chi connectivity index (χ2n) is 11.4. The summed E-state index contributed by atoms with van der Waals surface area (Å²) < 4.78 is 39.1. The maximum absolute atomic E-state index is 13.2. The van der Waals surface area contributed by atoms with Crippen LogP contribution in [0.5, 0.6) is 0 Å². The first-order chi connectivity index (χ1) is 21.2. The lowest BCUT2D eigenvalue weighted by Crippen LogP contribution is -2.54. The van der Waals surface area contributed by atoms with Crippen molar-refractivity contribution in [1.29, 1.82) is 0 Å². The number of fused-ring (bicyclic) bond motifs is 1. The minimum atomic E-state index is -2.67. The molecule has 5 rings (SSSR count). The summed E-state index contributed by atoms with van der Waals surface area (Å²) >= 11 is 0. The SMILES string of the molecule is Nc1cn([C@H]2CC[C@H](COCCCOCCCNc3cccc4c3C(=O)N(C3CCC(=O)NC3=O)C4=O)CC2)nc1C(F)F. The molecule has 1 saturated carbocycles. The third-order valence-corrected chi connectivity index (χ3v) is 8.37. The number of amides is 4. The molecule has 0 spiro atoms. The highest BCUT2D eigenvalue weighted by Gasteiger charge is 2.45. The van der Waals surface area contributed by atoms with Crippen LogP contribution in [0.25, 0.3) is 0 Å². The van der Waals surface area contributed by atoms with Crippen LogP contribution in [0.3, 0.4) is 0 Å². The normalized spacial score (nSPS) is 22.1. The van der Waals surface area contributed by atoms with Crippen LogP contribution in [0.4, 0.5) is 20.2 Å². The van der Waals surface area contributed by atoms with E-state index in [2.05, 4.69) is 15.7 Å². The van der Waals surface area contributed by atoms with Crippen LogP contribution in [-0.2, 0) is 19.1 Å². The van der Waals surface area contributed by atoms with Gasteiger partial charge in [-0.05, 0) is 63.0 Å². The van der Waals surface area contributed by atoms with E-state index in [1.807, 2.05) is 0 Å². The van der Waals surface area contributed by atoms with Gasteiger partial charge in [0.2, 0.25) is 11.8 Å². The number of carbonyl (C=O) groups excluding carboxylic acids is 4. The number of anilines is 2. The van der Waals surface area contributed by atoms with Crippen LogP contribution < -0.4 is 16.4 Å². The predicted molar refractivity (Wildman–Crippen MR) is 155 cm³/mol. The lowest BCUT2D eigenvalue weighted by atomic mass is 9.86. The third-order valence-electron chi connectivity index (χ3n) is 8.37. The number of aromatic nitrogens is 2. The zero-order valence-corrected chi connectivity index (χ0v) is 24.4. The molecule has 14 heteroatoms. The Morgan fingerprint density at radius 2 is 1.75 bits per heavy atom. The van der Waals surface area contributed by atoms with E-state index in [0.29, 0.717) is 51.0 Å². The monoisotopic (exact) mass is 616 g/mol. The smallest absolute Gasteiger partial charge is 0.284 e. The number of alkyl halides is 2. The van der Waals surface area contributed by atoms with E-state index in [0.717, 1.165) is 37.0 Å². The molecule has 12 nitrogen and oxygen atoms in total. The molecule has 0 bridgehead atoms. The van der Waals surface area contributed by atoms with Gasteiger partial charge >= 0.3 is 0 Å². The van der Waals surface area contributed by atoms with Crippen molar-refractivity contribution < 1.29 is 37.4 Å². The Kier molecular flexibility index (Phi) is 10.2. The number of halogens is 2. The van der Waals surface area contributed by atoms with Gasteiger partial charge in [0.05, 0.1) is 22.9 Å². The molecule has 2 aliphatic heterocycles. The lowest BCUT2D eigenvalue weighted by Gasteiger charge is -2.28. The van der Waals surface area contributed by atoms with E-state index in [9.17, 15) is 28.0 Å². The number of benzene rings is 1. The molecule has 44 heavy (non-hydrogen) atoms. The topological polar surface area (TPSA) is 158 Å². The van der Waals surface area contributed by atoms with E-state index in [4.69, 9.17) is 15.2 Å². The first-order valence-electron chi connectivity index (χ1n) is 15.1. The maximum atomic E-state index is 13.2. The molecule has 1 saturated heterocycles. The summed E-state index contributed by atoms with van der Waals surface area (Å²) in [5.74, 6) is -1.70. The highest BCUT2D eigenvalue weighted by Crippen LogP contribution is 2.34. The number of nitrogens with one attached hydrogen (secondary N) is 2. The Hall–Kier alpha value is -3.91. The van der Waals surface area contributed by atoms with Gasteiger partial charge in [-0.3, -0.25) is 34.1 Å². The first-order valence-corrected chi connectivity index (χ1v) is 15.1. The van der Waals surface area contributed by atoms with Crippen molar-refractivity contribution in [2.45, 2.75) is 69.9 Å². The fourth-order valence-electron chi connectivity index (χ4n) is 6.03. The fraction of sp³-hybridized carbons (Fsp3) is 0.567. The Balaban J connectivity index is 0.941. The summed E-state index contributed by atoms with van der Waals surface area (Å²) in [5.41, 5.74) is 6.35. The zero-order valence-electron chi connectivity index (χ0n) is 24.4. The Morgan fingerprint density at radius 3 is 2.48 bits per heavy atom. The molecular weight excluding hydrogens is 578 g/mol. The van der Waals surface area contributed by atoms with E-state index in [-0.39, 0.29) is 41.4 Å². The van der Waals surface area contributed by atoms with Gasteiger partial charge in [-0.2, -0.15) is 5.10 Å². The highest BCUT2D eigenvalue weighted by atomic mass is 19.3. The van der Waals surface area contributed by atoms with Crippen molar-refractivity contribution in [3.05, 3.63) is 41.2 Å². The van der Waals surface area contributed by atoms with E-state index in [1.54, 1.807) is 22.9 Å². The summed E-state index contributed by atoms with van der Waals surface area (Å²) in [6.45, 7) is 2.82. The highest BCUT2D eigenvalue weighted by molar-refractivity contribution is 6.25. The number of carbonyl (C=O) groups is 4. The predicted octanol–water partition coefficient (Wildman–Crippen LogP) is 3.46. The third kappa shape index (κ3) is 7.07. The van der Waals surface area contributed by atoms with Gasteiger partial charge in [0.25, 0.3) is 18.2 Å². The van der Waals surface area contributed by atoms with Crippen LogP contribution in [0.15, 0.2) is 24.4 Å². The van der Waals surface area contributed by atoms with Crippen LogP contribution in [-0.4, -0.2) is 77.3 Å². The first kappa shape index (κ1) is 31.5. The molecule has 3 aliphatic rings. The van der Waals surface area contributed by atoms with Gasteiger partial charge in [0.15, 0.2) is 5.69 Å². The number of rotatable bonds is 14. The quantitative estimate of drug-likeness (QED) is 0.214. The fourth-order valence-corrected chi connectivity index (χ4v) is 6.03. The van der Waals surface area contributed by atoms with E-state index >= 15 is 0 Å². The summed E-state index contributed by atoms with van der Waals surface area (Å²) in [7, 11) is 0. The van der Waals surface area contributed by atoms with Crippen LogP contribution in [0.2, 0.25) is 0 Å². The molecule has 1 aromatic carbocycles. The minimum absolute atomic E-state index is 0.0394. The number of nitrogens with zero attached hydrogens (tertiary/aromatic N) is 3. The molecule has 4 N–H and O–H groups in total. The van der Waals surface area contributed by atoms with Crippen LogP contribution in [0.1, 0.15) is 90.2 Å². The number of imide groups is 2. The van der Waals surface area contributed by atoms with Crippen molar-refractivity contribution in [1.82, 2.24) is 20.0 Å². The molecular formula is C30H38F2N6O6. The largest absolute Gasteiger partial charge is 0.396 e. The molecule has 2 fully saturated rings. The average molecular weight is 617 g/mol. The molecule has 1 aromatic heterocycles. The second-order valence-corrected chi connectivity index (χ2v) is 11.4. The average Bonchev–Trinajstić information content (AvgIpc) is 3.52. The van der Waals surface area contributed by atoms with Crippen molar-refractivity contribution in [3.8, 4) is 0 Å². The number of piperidine rings is 1. The van der Waals surface area contributed by atoms with Crippen LogP contribution in [0, 0.1) is 5.92 Å². The molecule has 1 atom stereocenters. The van der Waals surface area contributed by atoms with Gasteiger partial charge in [-0.15, -0.1) is 0 Å². The lowest BCUT2D eigenvalue weighted by molar-refractivity contribution is -0.136. The van der Waals surface area contributed by atoms with Gasteiger partial charge < -0.3 is 20.5 Å². The summed E-state index contributed by atoms with van der Waals surface area (Å²) in [5, 5.41) is 9.39. The Morgan fingerprint density at radius 1 is 1.00 bits per heavy atom. The molecule has 3 heterocycles. The second kappa shape index (κ2) is 14.2. The Bertz CT molecular complexity index is 1380. The summed E-state index contributed by atoms with van der Waals surface area (Å²) in [6, 6.07) is 4.05. The van der Waals surface area contributed by atoms with Gasteiger partial charge in [0, 0.05) is 51.3 Å². The number of hydrogen-bond acceptors (Lipinski definition) is 9. The van der Waals surface area contributed by atoms with Crippen molar-refractivity contribution >= 4 is 35.0 Å². The summed E-state index contributed by atoms with van der Waals surface area (Å²) in [4.78, 5) is 50.8. The molecule has 2 aromatic rings. The van der Waals surface area contributed by atoms with Crippen molar-refractivity contribution in [3.63, 3.8) is 0 Å². The molecule has 0 radical (unpaired) electrons. The van der Waals surface area contributed by atoms with Gasteiger partial charge in [0.1, 0.15) is 6.04 Å². The Labute approximate surface area is 253 Å². The van der Waals surface area contributed by atoms with E-state index in [1.165, 1.54) is 6.20 Å². The molecule has 4 amide bonds. The molecule has 238 valence electrons. The zero-order chi connectivity index (χ0) is 31.2. The van der Waals surface area contributed by atoms with Gasteiger partial charge in [-0.1, -0.05) is 6.07 Å². The number of ether oxygens (including phenoxy) is 2. The van der Waals surface area contributed by atoms with Crippen molar-refractivity contribution in [2.24, 2.45) is 5.92 Å². The maximum Gasteiger partial charge on any atom is 0.284 e. The molecule has 1 aliphatic carbocycles. The van der Waals surface area contributed by atoms with Gasteiger partial charge in [-0.25, -0.2) is 8.78 Å². The number of nitrogens with two attached hydrogens (primary N) is 1. The minimum Gasteiger partial charge on any atom is -0.396 e. The number of hydrogen-bond donors (Lipinski definition) is 3. The number of nitrogen functional groups attached to an aromatic ring is 1. The standard InChI is InChI=1S/C30H38F2N6O6/c31-27(32)26-21(33)16-37(36-26)19-8-6-18(7-9-19)17-44-15-3-14-43-13-2-12-34-22-5-1-4-20-25(22)30(42)38(29(20)41)23-10-11-24(39)35-28(23)40/h1,4-5,16,18-19,23,27,34H,2-3,6-15,17,33H2,(H,35,39,40)/t18-,19-,23?.